The highest BCUT2D eigenvalue weighted by atomic mass is 32.2. The van der Waals surface area contributed by atoms with Gasteiger partial charge in [-0.05, 0) is 85.2 Å². The Morgan fingerprint density at radius 1 is 1.13 bits per heavy atom. The Labute approximate surface area is 180 Å². The summed E-state index contributed by atoms with van der Waals surface area (Å²) in [4.78, 5) is 16.3. The van der Waals surface area contributed by atoms with Crippen LogP contribution >= 0.6 is 11.8 Å². The summed E-state index contributed by atoms with van der Waals surface area (Å²) in [7, 11) is 0. The third-order valence-electron chi connectivity index (χ3n) is 5.69. The number of H-pyrrole nitrogens is 1. The Morgan fingerprint density at radius 3 is 2.70 bits per heavy atom. The summed E-state index contributed by atoms with van der Waals surface area (Å²) in [6.07, 6.45) is 6.13. The molecule has 0 fully saturated rings. The topological polar surface area (TPSA) is 44.9 Å². The zero-order valence-electron chi connectivity index (χ0n) is 17.4. The number of fused-ring (bicyclic) bond motifs is 1. The molecule has 4 rings (SSSR count). The second-order valence-electron chi connectivity index (χ2n) is 7.61. The summed E-state index contributed by atoms with van der Waals surface area (Å²) in [6.45, 7) is 4.19. The van der Waals surface area contributed by atoms with Crippen LogP contribution in [0.25, 0.3) is 22.8 Å². The Balaban J connectivity index is 1.83. The number of aryl methyl sites for hydroxylation is 1. The van der Waals surface area contributed by atoms with Gasteiger partial charge in [-0.3, -0.25) is 4.79 Å². The van der Waals surface area contributed by atoms with Crippen LogP contribution in [0.1, 0.15) is 34.5 Å². The first-order chi connectivity index (χ1) is 14.5. The summed E-state index contributed by atoms with van der Waals surface area (Å²) in [5.74, 6) is 0.681. The van der Waals surface area contributed by atoms with Gasteiger partial charge >= 0.3 is 0 Å². The molecular formula is C25H25FN2OS. The standard InChI is InChI=1S/C25H25FN2OS/c1-15-16(2)27-23(19(15)10-6-12-30-3)14-21-24-20(17-7-4-8-18(26)13-17)9-5-11-22(24)28-25(21)29/h4-5,7-9,11,13-14,27H,6,10,12H2,1-3H3,(H,28,29)/b21-14-. The fourth-order valence-electron chi connectivity index (χ4n) is 4.07. The molecule has 1 amide bonds. The number of carbonyl (C=O) groups excluding carboxylic acids is 1. The first-order valence-electron chi connectivity index (χ1n) is 10.1. The lowest BCUT2D eigenvalue weighted by Crippen LogP contribution is -2.04. The normalized spacial score (nSPS) is 14.3. The first kappa shape index (κ1) is 20.5. The molecule has 0 radical (unpaired) electrons. The van der Waals surface area contributed by atoms with Crippen LogP contribution in [0, 0.1) is 19.7 Å². The van der Waals surface area contributed by atoms with Crippen molar-refractivity contribution in [1.29, 1.82) is 0 Å². The van der Waals surface area contributed by atoms with Gasteiger partial charge in [-0.1, -0.05) is 24.3 Å². The molecule has 1 aliphatic heterocycles. The predicted octanol–water partition coefficient (Wildman–Crippen LogP) is 6.23. The van der Waals surface area contributed by atoms with Gasteiger partial charge in [0.15, 0.2) is 0 Å². The largest absolute Gasteiger partial charge is 0.359 e. The molecule has 2 N–H and O–H groups in total. The van der Waals surface area contributed by atoms with Gasteiger partial charge in [-0.2, -0.15) is 11.8 Å². The molecule has 0 saturated carbocycles. The van der Waals surface area contributed by atoms with E-state index in [1.54, 1.807) is 6.07 Å². The Kier molecular flexibility index (Phi) is 5.82. The van der Waals surface area contributed by atoms with Crippen molar-refractivity contribution in [3.63, 3.8) is 0 Å². The molecule has 0 aliphatic carbocycles. The highest BCUT2D eigenvalue weighted by molar-refractivity contribution is 7.98. The zero-order chi connectivity index (χ0) is 21.3. The summed E-state index contributed by atoms with van der Waals surface area (Å²) in [5.41, 5.74) is 8.42. The molecule has 3 nitrogen and oxygen atoms in total. The van der Waals surface area contributed by atoms with Gasteiger partial charge in [0.1, 0.15) is 5.82 Å². The van der Waals surface area contributed by atoms with Gasteiger partial charge in [0.25, 0.3) is 5.91 Å². The molecule has 0 unspecified atom stereocenters. The van der Waals surface area contributed by atoms with Crippen LogP contribution in [0.4, 0.5) is 10.1 Å². The lowest BCUT2D eigenvalue weighted by Gasteiger charge is -2.09. The monoisotopic (exact) mass is 420 g/mol. The van der Waals surface area contributed by atoms with E-state index in [4.69, 9.17) is 0 Å². The van der Waals surface area contributed by atoms with Crippen molar-refractivity contribution in [3.05, 3.63) is 76.4 Å². The van der Waals surface area contributed by atoms with Crippen LogP contribution in [-0.4, -0.2) is 22.9 Å². The molecule has 0 saturated heterocycles. The van der Waals surface area contributed by atoms with E-state index in [1.165, 1.54) is 23.3 Å². The van der Waals surface area contributed by atoms with Crippen molar-refractivity contribution in [2.24, 2.45) is 0 Å². The lowest BCUT2D eigenvalue weighted by molar-refractivity contribution is -0.110. The average molecular weight is 421 g/mol. The van der Waals surface area contributed by atoms with Gasteiger partial charge in [0.05, 0.1) is 5.57 Å². The number of rotatable bonds is 6. The minimum atomic E-state index is -0.292. The van der Waals surface area contributed by atoms with Crippen molar-refractivity contribution in [2.75, 3.05) is 17.3 Å². The average Bonchev–Trinajstić information content (AvgIpc) is 3.18. The maximum Gasteiger partial charge on any atom is 0.256 e. The van der Waals surface area contributed by atoms with E-state index < -0.39 is 0 Å². The van der Waals surface area contributed by atoms with Gasteiger partial charge in [-0.25, -0.2) is 4.39 Å². The fourth-order valence-corrected chi connectivity index (χ4v) is 4.50. The number of aromatic amines is 1. The predicted molar refractivity (Wildman–Crippen MR) is 125 cm³/mol. The zero-order valence-corrected chi connectivity index (χ0v) is 18.3. The molecule has 1 aromatic heterocycles. The molecule has 30 heavy (non-hydrogen) atoms. The number of aromatic nitrogens is 1. The highest BCUT2D eigenvalue weighted by Crippen LogP contribution is 2.41. The van der Waals surface area contributed by atoms with Crippen molar-refractivity contribution in [1.82, 2.24) is 4.98 Å². The number of benzene rings is 2. The Bertz CT molecular complexity index is 1150. The van der Waals surface area contributed by atoms with E-state index >= 15 is 0 Å². The molecule has 1 aliphatic rings. The van der Waals surface area contributed by atoms with E-state index in [2.05, 4.69) is 30.4 Å². The molecule has 5 heteroatoms. The Morgan fingerprint density at radius 2 is 1.93 bits per heavy atom. The molecule has 0 bridgehead atoms. The van der Waals surface area contributed by atoms with Crippen molar-refractivity contribution >= 4 is 35.0 Å². The Hall–Kier alpha value is -2.79. The van der Waals surface area contributed by atoms with Crippen molar-refractivity contribution in [2.45, 2.75) is 26.7 Å². The smallest absolute Gasteiger partial charge is 0.256 e. The van der Waals surface area contributed by atoms with Crippen molar-refractivity contribution in [3.8, 4) is 11.1 Å². The summed E-state index contributed by atoms with van der Waals surface area (Å²) < 4.78 is 13.9. The number of hydrogen-bond donors (Lipinski definition) is 2. The van der Waals surface area contributed by atoms with Gasteiger partial charge in [0, 0.05) is 22.6 Å². The second kappa shape index (κ2) is 8.52. The van der Waals surface area contributed by atoms with E-state index in [0.717, 1.165) is 52.4 Å². The summed E-state index contributed by atoms with van der Waals surface area (Å²) >= 11 is 1.84. The first-order valence-corrected chi connectivity index (χ1v) is 11.5. The molecule has 154 valence electrons. The molecule has 0 spiro atoms. The minimum Gasteiger partial charge on any atom is -0.359 e. The minimum absolute atomic E-state index is 0.131. The van der Waals surface area contributed by atoms with Crippen LogP contribution in [0.2, 0.25) is 0 Å². The third-order valence-corrected chi connectivity index (χ3v) is 6.39. The number of thioether (sulfide) groups is 1. The molecule has 3 aromatic rings. The number of carbonyl (C=O) groups is 1. The number of hydrogen-bond acceptors (Lipinski definition) is 2. The highest BCUT2D eigenvalue weighted by Gasteiger charge is 2.28. The second-order valence-corrected chi connectivity index (χ2v) is 8.60. The number of anilines is 1. The maximum atomic E-state index is 13.9. The fraction of sp³-hybridized carbons (Fsp3) is 0.240. The number of amides is 1. The van der Waals surface area contributed by atoms with Crippen LogP contribution < -0.4 is 5.32 Å². The van der Waals surface area contributed by atoms with Gasteiger partial charge in [0.2, 0.25) is 0 Å². The van der Waals surface area contributed by atoms with E-state index in [0.29, 0.717) is 5.57 Å². The number of halogens is 1. The molecule has 2 aromatic carbocycles. The maximum absolute atomic E-state index is 13.9. The van der Waals surface area contributed by atoms with E-state index in [9.17, 15) is 9.18 Å². The quantitative estimate of drug-likeness (QED) is 0.367. The van der Waals surface area contributed by atoms with Gasteiger partial charge in [-0.15, -0.1) is 0 Å². The summed E-state index contributed by atoms with van der Waals surface area (Å²) in [5, 5.41) is 2.97. The molecule has 0 atom stereocenters. The molecular weight excluding hydrogens is 395 g/mol. The number of nitrogens with one attached hydrogen (secondary N) is 2. The summed E-state index contributed by atoms with van der Waals surface area (Å²) in [6, 6.07) is 12.2. The molecule has 2 heterocycles. The van der Waals surface area contributed by atoms with E-state index in [-0.39, 0.29) is 11.7 Å². The third kappa shape index (κ3) is 3.82. The van der Waals surface area contributed by atoms with Crippen molar-refractivity contribution < 1.29 is 9.18 Å². The van der Waals surface area contributed by atoms with Gasteiger partial charge < -0.3 is 10.3 Å². The SMILES string of the molecule is CSCCCc1c(/C=C2\C(=O)Nc3cccc(-c4cccc(F)c4)c32)[nH]c(C)c1C. The van der Waals surface area contributed by atoms with Crippen LogP contribution in [0.15, 0.2) is 42.5 Å². The van der Waals surface area contributed by atoms with Crippen LogP contribution in [0.3, 0.4) is 0 Å². The van der Waals surface area contributed by atoms with Crippen LogP contribution in [0.5, 0.6) is 0 Å². The lowest BCUT2D eigenvalue weighted by atomic mass is 9.93. The van der Waals surface area contributed by atoms with Crippen LogP contribution in [-0.2, 0) is 11.2 Å². The van der Waals surface area contributed by atoms with E-state index in [1.807, 2.05) is 42.1 Å².